The Balaban J connectivity index is 1.83. The standard InChI is InChI=1S/C22H34N4O2/c1-3-5-7-9-15-23-21(27)19-13-11-17(25-19)18-12-14-20(26-18)22(28)24-16-10-8-6-4-2/h11-14,25-26H,3-10,15-16H2,1-2H3,(H,23,27)(H,24,28). The highest BCUT2D eigenvalue weighted by Crippen LogP contribution is 2.18. The van der Waals surface area contributed by atoms with Crippen molar-refractivity contribution in [2.45, 2.75) is 65.2 Å². The Morgan fingerprint density at radius 3 is 1.50 bits per heavy atom. The summed E-state index contributed by atoms with van der Waals surface area (Å²) in [7, 11) is 0. The van der Waals surface area contributed by atoms with Gasteiger partial charge in [0.15, 0.2) is 0 Å². The van der Waals surface area contributed by atoms with Crippen LogP contribution in [-0.2, 0) is 0 Å². The van der Waals surface area contributed by atoms with Gasteiger partial charge in [0.05, 0.1) is 11.4 Å². The normalized spacial score (nSPS) is 10.8. The smallest absolute Gasteiger partial charge is 0.267 e. The van der Waals surface area contributed by atoms with Crippen LogP contribution in [0.3, 0.4) is 0 Å². The second-order valence-electron chi connectivity index (χ2n) is 7.20. The van der Waals surface area contributed by atoms with Gasteiger partial charge in [-0.3, -0.25) is 9.59 Å². The summed E-state index contributed by atoms with van der Waals surface area (Å²) in [6.45, 7) is 5.72. The maximum atomic E-state index is 12.2. The topological polar surface area (TPSA) is 89.8 Å². The van der Waals surface area contributed by atoms with Crippen LogP contribution in [0.25, 0.3) is 11.4 Å². The molecule has 0 radical (unpaired) electrons. The van der Waals surface area contributed by atoms with Crippen LogP contribution in [0.15, 0.2) is 24.3 Å². The quantitative estimate of drug-likeness (QED) is 0.378. The molecule has 0 spiro atoms. The molecule has 2 heterocycles. The Morgan fingerprint density at radius 1 is 0.679 bits per heavy atom. The van der Waals surface area contributed by atoms with Gasteiger partial charge in [0.25, 0.3) is 11.8 Å². The van der Waals surface area contributed by atoms with Gasteiger partial charge in [0.2, 0.25) is 0 Å². The first kappa shape index (κ1) is 21.8. The number of rotatable bonds is 13. The van der Waals surface area contributed by atoms with Gasteiger partial charge >= 0.3 is 0 Å². The molecule has 2 aromatic heterocycles. The number of hydrogen-bond donors (Lipinski definition) is 4. The average molecular weight is 387 g/mol. The summed E-state index contributed by atoms with van der Waals surface area (Å²) in [5.41, 5.74) is 2.64. The molecule has 2 rings (SSSR count). The van der Waals surface area contributed by atoms with Gasteiger partial charge in [-0.15, -0.1) is 0 Å². The van der Waals surface area contributed by atoms with Crippen molar-refractivity contribution in [3.8, 4) is 11.4 Å². The molecule has 28 heavy (non-hydrogen) atoms. The van der Waals surface area contributed by atoms with E-state index in [0.29, 0.717) is 24.5 Å². The predicted molar refractivity (Wildman–Crippen MR) is 114 cm³/mol. The molecule has 154 valence electrons. The summed E-state index contributed by atoms with van der Waals surface area (Å²) < 4.78 is 0. The van der Waals surface area contributed by atoms with E-state index >= 15 is 0 Å². The average Bonchev–Trinajstić information content (AvgIpc) is 3.37. The first-order valence-corrected chi connectivity index (χ1v) is 10.6. The molecule has 6 heteroatoms. The largest absolute Gasteiger partial charge is 0.351 e. The first-order chi connectivity index (χ1) is 13.7. The number of carbonyl (C=O) groups is 2. The number of carbonyl (C=O) groups excluding carboxylic acids is 2. The molecule has 4 N–H and O–H groups in total. The number of hydrogen-bond acceptors (Lipinski definition) is 2. The number of aromatic nitrogens is 2. The number of H-pyrrole nitrogens is 2. The molecule has 0 bridgehead atoms. The highest BCUT2D eigenvalue weighted by molar-refractivity contribution is 5.94. The monoisotopic (exact) mass is 386 g/mol. The van der Waals surface area contributed by atoms with Crippen LogP contribution in [0.5, 0.6) is 0 Å². The molecule has 0 fully saturated rings. The highest BCUT2D eigenvalue weighted by Gasteiger charge is 2.12. The summed E-state index contributed by atoms with van der Waals surface area (Å²) in [6, 6.07) is 7.24. The Labute approximate surface area is 167 Å². The zero-order valence-corrected chi connectivity index (χ0v) is 17.2. The number of aromatic amines is 2. The first-order valence-electron chi connectivity index (χ1n) is 10.6. The summed E-state index contributed by atoms with van der Waals surface area (Å²) in [6.07, 6.45) is 9.04. The van der Waals surface area contributed by atoms with Crippen LogP contribution >= 0.6 is 0 Å². The van der Waals surface area contributed by atoms with E-state index in [1.165, 1.54) is 25.7 Å². The lowest BCUT2D eigenvalue weighted by Gasteiger charge is -2.04. The van der Waals surface area contributed by atoms with E-state index in [2.05, 4.69) is 34.4 Å². The number of unbranched alkanes of at least 4 members (excludes halogenated alkanes) is 6. The molecule has 0 aliphatic carbocycles. The zero-order chi connectivity index (χ0) is 20.2. The Morgan fingerprint density at radius 2 is 1.11 bits per heavy atom. The molecule has 6 nitrogen and oxygen atoms in total. The summed E-state index contributed by atoms with van der Waals surface area (Å²) in [5, 5.41) is 5.88. The van der Waals surface area contributed by atoms with Gasteiger partial charge in [-0.1, -0.05) is 52.4 Å². The van der Waals surface area contributed by atoms with Crippen LogP contribution in [-0.4, -0.2) is 34.9 Å². The maximum absolute atomic E-state index is 12.2. The SMILES string of the molecule is CCCCCCNC(=O)c1ccc(-c2ccc(C(=O)NCCCCCC)[nH]2)[nH]1. The van der Waals surface area contributed by atoms with E-state index in [9.17, 15) is 9.59 Å². The lowest BCUT2D eigenvalue weighted by molar-refractivity contribution is 0.0940. The van der Waals surface area contributed by atoms with Crippen molar-refractivity contribution in [1.82, 2.24) is 20.6 Å². The molecule has 0 atom stereocenters. The lowest BCUT2D eigenvalue weighted by Crippen LogP contribution is -2.24. The molecule has 0 aromatic carbocycles. The van der Waals surface area contributed by atoms with Crippen LogP contribution in [0.4, 0.5) is 0 Å². The fraction of sp³-hybridized carbons (Fsp3) is 0.545. The summed E-state index contributed by atoms with van der Waals surface area (Å²) in [4.78, 5) is 30.7. The number of amides is 2. The van der Waals surface area contributed by atoms with Gasteiger partial charge in [0.1, 0.15) is 11.4 Å². The third kappa shape index (κ3) is 6.91. The van der Waals surface area contributed by atoms with Gasteiger partial charge in [-0.25, -0.2) is 0 Å². The Hall–Kier alpha value is -2.50. The van der Waals surface area contributed by atoms with Gasteiger partial charge < -0.3 is 20.6 Å². The third-order valence-corrected chi connectivity index (χ3v) is 4.78. The van der Waals surface area contributed by atoms with Gasteiger partial charge in [-0.2, -0.15) is 0 Å². The van der Waals surface area contributed by atoms with Crippen molar-refractivity contribution in [2.24, 2.45) is 0 Å². The van der Waals surface area contributed by atoms with E-state index in [4.69, 9.17) is 0 Å². The zero-order valence-electron chi connectivity index (χ0n) is 17.2. The van der Waals surface area contributed by atoms with E-state index in [0.717, 1.165) is 37.1 Å². The van der Waals surface area contributed by atoms with E-state index in [1.54, 1.807) is 12.1 Å². The minimum absolute atomic E-state index is 0.0978. The second-order valence-corrected chi connectivity index (χ2v) is 7.20. The van der Waals surface area contributed by atoms with Crippen molar-refractivity contribution in [3.05, 3.63) is 35.7 Å². The van der Waals surface area contributed by atoms with Crippen LogP contribution in [0, 0.1) is 0 Å². The lowest BCUT2D eigenvalue weighted by atomic mass is 10.2. The Kier molecular flexibility index (Phi) is 9.39. The van der Waals surface area contributed by atoms with Crippen molar-refractivity contribution >= 4 is 11.8 Å². The molecule has 2 aromatic rings. The van der Waals surface area contributed by atoms with Gasteiger partial charge in [0, 0.05) is 13.1 Å². The van der Waals surface area contributed by atoms with Crippen molar-refractivity contribution in [2.75, 3.05) is 13.1 Å². The fourth-order valence-electron chi connectivity index (χ4n) is 3.07. The molecule has 0 saturated carbocycles. The third-order valence-electron chi connectivity index (χ3n) is 4.78. The second kappa shape index (κ2) is 12.1. The van der Waals surface area contributed by atoms with Crippen molar-refractivity contribution in [1.29, 1.82) is 0 Å². The van der Waals surface area contributed by atoms with Crippen molar-refractivity contribution < 1.29 is 9.59 Å². The summed E-state index contributed by atoms with van der Waals surface area (Å²) in [5.74, 6) is -0.196. The van der Waals surface area contributed by atoms with Crippen LogP contribution in [0.1, 0.15) is 86.2 Å². The molecule has 0 saturated heterocycles. The molecule has 0 unspecified atom stereocenters. The maximum Gasteiger partial charge on any atom is 0.267 e. The molecule has 2 amide bonds. The highest BCUT2D eigenvalue weighted by atomic mass is 16.2. The number of nitrogens with one attached hydrogen (secondary N) is 4. The minimum Gasteiger partial charge on any atom is -0.351 e. The van der Waals surface area contributed by atoms with E-state index in [1.807, 2.05) is 12.1 Å². The molecule has 0 aliphatic heterocycles. The van der Waals surface area contributed by atoms with Crippen LogP contribution < -0.4 is 10.6 Å². The van der Waals surface area contributed by atoms with Crippen LogP contribution in [0.2, 0.25) is 0 Å². The Bertz CT molecular complexity index is 670. The van der Waals surface area contributed by atoms with Crippen molar-refractivity contribution in [3.63, 3.8) is 0 Å². The molecule has 0 aliphatic rings. The fourth-order valence-corrected chi connectivity index (χ4v) is 3.07. The minimum atomic E-state index is -0.0978. The predicted octanol–water partition coefficient (Wildman–Crippen LogP) is 4.63. The van der Waals surface area contributed by atoms with E-state index in [-0.39, 0.29) is 11.8 Å². The molecular weight excluding hydrogens is 352 g/mol. The molecular formula is C22H34N4O2. The van der Waals surface area contributed by atoms with Gasteiger partial charge in [-0.05, 0) is 37.1 Å². The summed E-state index contributed by atoms with van der Waals surface area (Å²) >= 11 is 0. The van der Waals surface area contributed by atoms with E-state index < -0.39 is 0 Å².